The Bertz CT molecular complexity index is 273. The van der Waals surface area contributed by atoms with Gasteiger partial charge in [-0.25, -0.2) is 0 Å². The van der Waals surface area contributed by atoms with E-state index >= 15 is 0 Å². The minimum Gasteiger partial charge on any atom is -0.497 e. The molecule has 0 atom stereocenters. The van der Waals surface area contributed by atoms with Gasteiger partial charge in [-0.1, -0.05) is 0 Å². The van der Waals surface area contributed by atoms with Crippen molar-refractivity contribution in [2.45, 2.75) is 19.3 Å². The molecule has 0 radical (unpaired) electrons. The largest absolute Gasteiger partial charge is 0.497 e. The van der Waals surface area contributed by atoms with Crippen molar-refractivity contribution in [3.63, 3.8) is 0 Å². The molecule has 0 aliphatic heterocycles. The summed E-state index contributed by atoms with van der Waals surface area (Å²) in [6.45, 7) is 0. The summed E-state index contributed by atoms with van der Waals surface area (Å²) < 4.78 is 5.05. The number of hydrogen-bond donors (Lipinski definition) is 0. The summed E-state index contributed by atoms with van der Waals surface area (Å²) in [5, 5.41) is 0. The zero-order chi connectivity index (χ0) is 9.52. The average molecular weight is 179 g/mol. The van der Waals surface area contributed by atoms with Crippen LogP contribution in [0.5, 0.6) is 5.75 Å². The Hall–Kier alpha value is -1.38. The van der Waals surface area contributed by atoms with Crippen molar-refractivity contribution in [1.82, 2.24) is 4.98 Å². The van der Waals surface area contributed by atoms with Crippen LogP contribution in [0.2, 0.25) is 0 Å². The molecule has 1 aromatic heterocycles. The molecule has 13 heavy (non-hydrogen) atoms. The molecule has 0 N–H and O–H groups in total. The summed E-state index contributed by atoms with van der Waals surface area (Å²) in [5.74, 6) is 0.816. The number of pyridine rings is 1. The molecule has 0 aliphatic carbocycles. The first-order valence-corrected chi connectivity index (χ1v) is 4.29. The van der Waals surface area contributed by atoms with Crippen LogP contribution in [0, 0.1) is 0 Å². The van der Waals surface area contributed by atoms with Gasteiger partial charge in [0, 0.05) is 24.4 Å². The van der Waals surface area contributed by atoms with E-state index in [1.807, 2.05) is 12.1 Å². The Kier molecular flexibility index (Phi) is 3.96. The molecule has 0 aromatic carbocycles. The van der Waals surface area contributed by atoms with Crippen LogP contribution < -0.4 is 4.74 Å². The van der Waals surface area contributed by atoms with Crippen LogP contribution in [0.1, 0.15) is 18.5 Å². The summed E-state index contributed by atoms with van der Waals surface area (Å²) in [6.07, 6.45) is 4.92. The normalized spacial score (nSPS) is 9.62. The van der Waals surface area contributed by atoms with Crippen LogP contribution in [-0.4, -0.2) is 18.4 Å². The molecule has 1 rings (SSSR count). The van der Waals surface area contributed by atoms with Crippen molar-refractivity contribution in [1.29, 1.82) is 0 Å². The molecule has 1 heterocycles. The number of aryl methyl sites for hydroxylation is 1. The van der Waals surface area contributed by atoms with E-state index in [-0.39, 0.29) is 0 Å². The number of aromatic nitrogens is 1. The highest BCUT2D eigenvalue weighted by molar-refractivity contribution is 5.49. The molecule has 1 aromatic rings. The van der Waals surface area contributed by atoms with Crippen molar-refractivity contribution >= 4 is 6.29 Å². The molecule has 3 heteroatoms. The first kappa shape index (κ1) is 9.71. The maximum Gasteiger partial charge on any atom is 0.122 e. The van der Waals surface area contributed by atoms with Gasteiger partial charge in [-0.05, 0) is 18.9 Å². The number of hydrogen-bond acceptors (Lipinski definition) is 3. The van der Waals surface area contributed by atoms with Crippen LogP contribution in [0.4, 0.5) is 0 Å². The lowest BCUT2D eigenvalue weighted by Gasteiger charge is -2.01. The van der Waals surface area contributed by atoms with Crippen LogP contribution in [0.15, 0.2) is 18.3 Å². The van der Waals surface area contributed by atoms with E-state index in [4.69, 9.17) is 4.74 Å². The number of nitrogens with zero attached hydrogens (tertiary/aromatic N) is 1. The Morgan fingerprint density at radius 2 is 2.46 bits per heavy atom. The second-order valence-electron chi connectivity index (χ2n) is 2.75. The van der Waals surface area contributed by atoms with E-state index in [9.17, 15) is 4.79 Å². The molecule has 0 aliphatic rings. The summed E-state index contributed by atoms with van der Waals surface area (Å²) in [5.41, 5.74) is 0.973. The molecule has 0 saturated heterocycles. The second-order valence-corrected chi connectivity index (χ2v) is 2.75. The standard InChI is InChI=1S/C10H13NO2/c1-13-10-5-6-11-9(8-10)4-2-3-7-12/h5-8H,2-4H2,1H3. The van der Waals surface area contributed by atoms with E-state index < -0.39 is 0 Å². The Balaban J connectivity index is 2.50. The lowest BCUT2D eigenvalue weighted by Crippen LogP contribution is -1.92. The molecule has 0 saturated carbocycles. The molecule has 0 bridgehead atoms. The lowest BCUT2D eigenvalue weighted by molar-refractivity contribution is -0.107. The molecule has 0 amide bonds. The summed E-state index contributed by atoms with van der Waals surface area (Å²) in [4.78, 5) is 14.2. The number of carbonyl (C=O) groups excluding carboxylic acids is 1. The fraction of sp³-hybridized carbons (Fsp3) is 0.400. The number of aldehydes is 1. The fourth-order valence-corrected chi connectivity index (χ4v) is 1.09. The average Bonchev–Trinajstić information content (AvgIpc) is 2.19. The molecule has 0 fully saturated rings. The third kappa shape index (κ3) is 3.23. The maximum absolute atomic E-state index is 10.1. The van der Waals surface area contributed by atoms with Crippen LogP contribution in [0.3, 0.4) is 0 Å². The minimum atomic E-state index is 0.596. The van der Waals surface area contributed by atoms with E-state index in [1.54, 1.807) is 13.3 Å². The number of rotatable bonds is 5. The van der Waals surface area contributed by atoms with E-state index in [0.717, 1.165) is 30.6 Å². The fourth-order valence-electron chi connectivity index (χ4n) is 1.09. The maximum atomic E-state index is 10.1. The molecular formula is C10H13NO2. The van der Waals surface area contributed by atoms with E-state index in [0.29, 0.717) is 6.42 Å². The van der Waals surface area contributed by atoms with E-state index in [1.165, 1.54) is 0 Å². The Morgan fingerprint density at radius 3 is 3.15 bits per heavy atom. The molecule has 70 valence electrons. The third-order valence-electron chi connectivity index (χ3n) is 1.78. The van der Waals surface area contributed by atoms with Crippen molar-refractivity contribution in [3.05, 3.63) is 24.0 Å². The van der Waals surface area contributed by atoms with Crippen molar-refractivity contribution in [2.24, 2.45) is 0 Å². The van der Waals surface area contributed by atoms with Gasteiger partial charge in [0.1, 0.15) is 12.0 Å². The number of carbonyl (C=O) groups is 1. The smallest absolute Gasteiger partial charge is 0.122 e. The molecule has 0 spiro atoms. The Morgan fingerprint density at radius 1 is 1.62 bits per heavy atom. The molecule has 3 nitrogen and oxygen atoms in total. The minimum absolute atomic E-state index is 0.596. The van der Waals surface area contributed by atoms with Gasteiger partial charge < -0.3 is 9.53 Å². The highest BCUT2D eigenvalue weighted by Gasteiger charge is 1.96. The first-order valence-electron chi connectivity index (χ1n) is 4.29. The lowest BCUT2D eigenvalue weighted by atomic mass is 10.2. The van der Waals surface area contributed by atoms with Crippen molar-refractivity contribution < 1.29 is 9.53 Å². The first-order chi connectivity index (χ1) is 6.36. The van der Waals surface area contributed by atoms with Gasteiger partial charge in [0.25, 0.3) is 0 Å². The predicted molar refractivity (Wildman–Crippen MR) is 49.8 cm³/mol. The highest BCUT2D eigenvalue weighted by Crippen LogP contribution is 2.11. The monoisotopic (exact) mass is 179 g/mol. The zero-order valence-corrected chi connectivity index (χ0v) is 7.69. The number of methoxy groups -OCH3 is 1. The molecular weight excluding hydrogens is 166 g/mol. The van der Waals surface area contributed by atoms with Crippen LogP contribution >= 0.6 is 0 Å². The van der Waals surface area contributed by atoms with Crippen LogP contribution in [-0.2, 0) is 11.2 Å². The quantitative estimate of drug-likeness (QED) is 0.509. The summed E-state index contributed by atoms with van der Waals surface area (Å²) >= 11 is 0. The van der Waals surface area contributed by atoms with Gasteiger partial charge in [0.2, 0.25) is 0 Å². The van der Waals surface area contributed by atoms with Gasteiger partial charge >= 0.3 is 0 Å². The number of ether oxygens (including phenoxy) is 1. The van der Waals surface area contributed by atoms with Crippen LogP contribution in [0.25, 0.3) is 0 Å². The Labute approximate surface area is 77.8 Å². The highest BCUT2D eigenvalue weighted by atomic mass is 16.5. The second kappa shape index (κ2) is 5.30. The van der Waals surface area contributed by atoms with Gasteiger partial charge in [-0.15, -0.1) is 0 Å². The third-order valence-corrected chi connectivity index (χ3v) is 1.78. The summed E-state index contributed by atoms with van der Waals surface area (Å²) in [6, 6.07) is 3.70. The van der Waals surface area contributed by atoms with Gasteiger partial charge in [0.15, 0.2) is 0 Å². The van der Waals surface area contributed by atoms with Crippen molar-refractivity contribution in [3.8, 4) is 5.75 Å². The van der Waals surface area contributed by atoms with Gasteiger partial charge in [-0.2, -0.15) is 0 Å². The zero-order valence-electron chi connectivity index (χ0n) is 7.69. The van der Waals surface area contributed by atoms with E-state index in [2.05, 4.69) is 4.98 Å². The number of unbranched alkanes of at least 4 members (excludes halogenated alkanes) is 1. The van der Waals surface area contributed by atoms with Gasteiger partial charge in [-0.3, -0.25) is 4.98 Å². The van der Waals surface area contributed by atoms with Gasteiger partial charge in [0.05, 0.1) is 7.11 Å². The summed E-state index contributed by atoms with van der Waals surface area (Å²) in [7, 11) is 1.63. The molecule has 0 unspecified atom stereocenters. The predicted octanol–water partition coefficient (Wildman–Crippen LogP) is 1.61. The van der Waals surface area contributed by atoms with Crippen molar-refractivity contribution in [2.75, 3.05) is 7.11 Å². The topological polar surface area (TPSA) is 39.2 Å². The SMILES string of the molecule is COc1ccnc(CCCC=O)c1.